The number of hydrogen-bond acceptors (Lipinski definition) is 8. The predicted octanol–water partition coefficient (Wildman–Crippen LogP) is 4.78. The number of likely N-dealkylation sites (tertiary alicyclic amines) is 1. The topological polar surface area (TPSA) is 101 Å². The van der Waals surface area contributed by atoms with Crippen LogP contribution in [0.25, 0.3) is 22.2 Å². The van der Waals surface area contributed by atoms with Crippen molar-refractivity contribution in [1.29, 1.82) is 0 Å². The number of fused-ring (bicyclic) bond motifs is 1. The first-order valence-corrected chi connectivity index (χ1v) is 13.9. The Morgan fingerprint density at radius 2 is 1.93 bits per heavy atom. The van der Waals surface area contributed by atoms with Crippen LogP contribution in [0.5, 0.6) is 6.01 Å². The van der Waals surface area contributed by atoms with Gasteiger partial charge in [0.05, 0.1) is 21.8 Å². The number of piperazine rings is 1. The molecule has 13 heteroatoms. The van der Waals surface area contributed by atoms with Gasteiger partial charge in [-0.1, -0.05) is 11.6 Å². The molecule has 2 saturated heterocycles. The summed E-state index contributed by atoms with van der Waals surface area (Å²) in [5.41, 5.74) is 4.97. The summed E-state index contributed by atoms with van der Waals surface area (Å²) in [6.07, 6.45) is -2.62. The van der Waals surface area contributed by atoms with Crippen molar-refractivity contribution in [1.82, 2.24) is 24.8 Å². The molecule has 0 saturated carbocycles. The molecule has 4 heterocycles. The molecule has 220 valence electrons. The van der Waals surface area contributed by atoms with Gasteiger partial charge in [0.2, 0.25) is 5.91 Å². The van der Waals surface area contributed by atoms with E-state index in [1.165, 1.54) is 26.0 Å². The molecular weight excluding hydrogens is 559 g/mol. The van der Waals surface area contributed by atoms with Gasteiger partial charge in [-0.25, -0.2) is 4.98 Å². The molecule has 1 aromatic carbocycles. The van der Waals surface area contributed by atoms with Crippen molar-refractivity contribution in [3.63, 3.8) is 0 Å². The van der Waals surface area contributed by atoms with Crippen LogP contribution in [0.4, 0.5) is 24.8 Å². The number of rotatable bonds is 5. The summed E-state index contributed by atoms with van der Waals surface area (Å²) in [5, 5.41) is 0.614. The Kier molecular flexibility index (Phi) is 7.90. The molecule has 9 nitrogen and oxygen atoms in total. The van der Waals surface area contributed by atoms with E-state index in [2.05, 4.69) is 19.8 Å². The first-order chi connectivity index (χ1) is 19.3. The molecule has 2 N–H and O–H groups in total. The van der Waals surface area contributed by atoms with Gasteiger partial charge in [-0.2, -0.15) is 23.1 Å². The van der Waals surface area contributed by atoms with E-state index in [4.69, 9.17) is 27.1 Å². The lowest BCUT2D eigenvalue weighted by Crippen LogP contribution is -2.53. The number of ether oxygens (including phenoxy) is 1. The first-order valence-electron chi connectivity index (χ1n) is 13.5. The number of carbonyl (C=O) groups is 1. The molecule has 0 radical (unpaired) electrons. The van der Waals surface area contributed by atoms with Crippen LogP contribution in [-0.2, 0) is 11.0 Å². The van der Waals surface area contributed by atoms with E-state index < -0.39 is 11.7 Å². The minimum Gasteiger partial charge on any atom is -0.462 e. The number of nitrogen functional groups attached to an aromatic ring is 1. The Morgan fingerprint density at radius 1 is 1.17 bits per heavy atom. The number of halogens is 4. The van der Waals surface area contributed by atoms with E-state index in [0.29, 0.717) is 43.0 Å². The fourth-order valence-corrected chi connectivity index (χ4v) is 6.00. The molecule has 0 aliphatic carbocycles. The zero-order chi connectivity index (χ0) is 29.6. The predicted molar refractivity (Wildman–Crippen MR) is 152 cm³/mol. The molecular formula is C28H33ClF3N7O2. The van der Waals surface area contributed by atoms with E-state index in [0.717, 1.165) is 19.4 Å². The highest BCUT2D eigenvalue weighted by Gasteiger charge is 2.37. The number of amides is 1. The van der Waals surface area contributed by atoms with Crippen LogP contribution in [0.15, 0.2) is 18.2 Å². The summed E-state index contributed by atoms with van der Waals surface area (Å²) < 4.78 is 48.5. The van der Waals surface area contributed by atoms with E-state index >= 15 is 0 Å². The third-order valence-electron chi connectivity index (χ3n) is 7.94. The SMILES string of the molecule is CC(=O)N1CCN(c2nc(OC[C@@H]3CCCN3C)nc3cc(-c4nc(N)cc(C)c4C(F)(F)F)c(Cl)cc23)[C@@H](C)C1. The van der Waals surface area contributed by atoms with Crippen molar-refractivity contribution >= 4 is 40.0 Å². The van der Waals surface area contributed by atoms with Gasteiger partial charge in [0.25, 0.3) is 0 Å². The van der Waals surface area contributed by atoms with Gasteiger partial charge in [-0.05, 0) is 64.0 Å². The Hall–Kier alpha value is -3.38. The largest absolute Gasteiger partial charge is 0.462 e. The Balaban J connectivity index is 1.64. The number of aryl methyl sites for hydroxylation is 1. The molecule has 2 aromatic heterocycles. The van der Waals surface area contributed by atoms with E-state index in [-0.39, 0.29) is 51.7 Å². The highest BCUT2D eigenvalue weighted by Crippen LogP contribution is 2.43. The lowest BCUT2D eigenvalue weighted by atomic mass is 9.99. The van der Waals surface area contributed by atoms with Crippen molar-refractivity contribution in [2.75, 3.05) is 50.5 Å². The van der Waals surface area contributed by atoms with Gasteiger partial charge in [0.1, 0.15) is 18.2 Å². The average Bonchev–Trinajstić information content (AvgIpc) is 3.30. The van der Waals surface area contributed by atoms with Gasteiger partial charge in [-0.15, -0.1) is 0 Å². The zero-order valence-corrected chi connectivity index (χ0v) is 24.2. The maximum absolute atomic E-state index is 14.1. The molecule has 41 heavy (non-hydrogen) atoms. The minimum absolute atomic E-state index is 0.00756. The van der Waals surface area contributed by atoms with E-state index in [1.807, 2.05) is 14.0 Å². The highest BCUT2D eigenvalue weighted by molar-refractivity contribution is 6.34. The Labute approximate surface area is 241 Å². The van der Waals surface area contributed by atoms with Crippen molar-refractivity contribution in [2.45, 2.75) is 51.9 Å². The second-order valence-electron chi connectivity index (χ2n) is 10.9. The molecule has 3 aromatic rings. The van der Waals surface area contributed by atoms with Crippen LogP contribution in [-0.4, -0.2) is 82.6 Å². The number of aromatic nitrogens is 3. The number of alkyl halides is 3. The molecule has 1 amide bonds. The van der Waals surface area contributed by atoms with Crippen molar-refractivity contribution in [3.05, 3.63) is 34.3 Å². The number of anilines is 2. The number of hydrogen-bond donors (Lipinski definition) is 1. The van der Waals surface area contributed by atoms with Crippen LogP contribution >= 0.6 is 11.6 Å². The lowest BCUT2D eigenvalue weighted by Gasteiger charge is -2.40. The number of pyridine rings is 1. The van der Waals surface area contributed by atoms with Gasteiger partial charge < -0.3 is 25.2 Å². The molecule has 0 bridgehead atoms. The number of nitrogens with zero attached hydrogens (tertiary/aromatic N) is 6. The monoisotopic (exact) mass is 591 g/mol. The molecule has 2 atom stereocenters. The quantitative estimate of drug-likeness (QED) is 0.452. The minimum atomic E-state index is -4.68. The van der Waals surface area contributed by atoms with Crippen LogP contribution in [0.1, 0.15) is 37.8 Å². The van der Waals surface area contributed by atoms with Gasteiger partial charge in [0, 0.05) is 49.6 Å². The summed E-state index contributed by atoms with van der Waals surface area (Å²) in [6.45, 7) is 7.73. The molecule has 0 spiro atoms. The molecule has 2 aliphatic heterocycles. The fraction of sp³-hybridized carbons (Fsp3) is 0.500. The van der Waals surface area contributed by atoms with Gasteiger partial charge in [-0.3, -0.25) is 4.79 Å². The summed E-state index contributed by atoms with van der Waals surface area (Å²) in [7, 11) is 2.04. The maximum Gasteiger partial charge on any atom is 0.418 e. The number of likely N-dealkylation sites (N-methyl/N-ethyl adjacent to an activating group) is 1. The zero-order valence-electron chi connectivity index (χ0n) is 23.4. The normalized spacial score (nSPS) is 20.2. The average molecular weight is 592 g/mol. The second kappa shape index (κ2) is 11.1. The molecule has 5 rings (SSSR count). The Bertz CT molecular complexity index is 1490. The van der Waals surface area contributed by atoms with Crippen LogP contribution in [0, 0.1) is 6.92 Å². The third-order valence-corrected chi connectivity index (χ3v) is 8.25. The van der Waals surface area contributed by atoms with Crippen LogP contribution < -0.4 is 15.4 Å². The van der Waals surface area contributed by atoms with Gasteiger partial charge in [0.15, 0.2) is 0 Å². The second-order valence-corrected chi connectivity index (χ2v) is 11.3. The van der Waals surface area contributed by atoms with Crippen LogP contribution in [0.2, 0.25) is 5.02 Å². The maximum atomic E-state index is 14.1. The smallest absolute Gasteiger partial charge is 0.418 e. The summed E-state index contributed by atoms with van der Waals surface area (Å²) in [4.78, 5) is 31.5. The molecule has 2 aliphatic rings. The van der Waals surface area contributed by atoms with E-state index in [9.17, 15) is 18.0 Å². The molecule has 0 unspecified atom stereocenters. The standard InChI is InChI=1S/C28H33ClF3N7O2/c1-15-10-23(33)35-25(24(15)28(30,31)32)19-12-22-20(11-21(19)29)26(39-9-8-38(17(3)40)13-16(39)2)36-27(34-22)41-14-18-6-5-7-37(18)4/h10-12,16,18H,5-9,13-14H2,1-4H3,(H2,33,35)/t16-,18-/m0/s1. The van der Waals surface area contributed by atoms with Crippen molar-refractivity contribution < 1.29 is 22.7 Å². The fourth-order valence-electron chi connectivity index (χ4n) is 5.75. The first kappa shape index (κ1) is 29.1. The number of nitrogens with two attached hydrogens (primary N) is 1. The lowest BCUT2D eigenvalue weighted by molar-refractivity contribution is -0.137. The van der Waals surface area contributed by atoms with Crippen molar-refractivity contribution in [2.24, 2.45) is 0 Å². The highest BCUT2D eigenvalue weighted by atomic mass is 35.5. The summed E-state index contributed by atoms with van der Waals surface area (Å²) in [6, 6.07) is 4.49. The number of benzene rings is 1. The summed E-state index contributed by atoms with van der Waals surface area (Å²) in [5.74, 6) is 0.487. The van der Waals surface area contributed by atoms with E-state index in [1.54, 1.807) is 11.0 Å². The Morgan fingerprint density at radius 3 is 2.56 bits per heavy atom. The third kappa shape index (κ3) is 5.85. The summed E-state index contributed by atoms with van der Waals surface area (Å²) >= 11 is 6.67. The van der Waals surface area contributed by atoms with Crippen LogP contribution in [0.3, 0.4) is 0 Å². The van der Waals surface area contributed by atoms with Crippen molar-refractivity contribution in [3.8, 4) is 17.3 Å². The molecule has 2 fully saturated rings. The number of carbonyl (C=O) groups excluding carboxylic acids is 1. The van der Waals surface area contributed by atoms with Gasteiger partial charge >= 0.3 is 12.2 Å².